The number of aliphatic imine (C=N–C) groups is 1. The first-order chi connectivity index (χ1) is 11.8. The van der Waals surface area contributed by atoms with Crippen molar-refractivity contribution in [3.05, 3.63) is 35.6 Å². The van der Waals surface area contributed by atoms with Crippen LogP contribution >= 0.6 is 0 Å². The summed E-state index contributed by atoms with van der Waals surface area (Å²) in [7, 11) is 1.70. The van der Waals surface area contributed by atoms with Crippen LogP contribution in [0.2, 0.25) is 0 Å². The molecule has 1 aromatic rings. The first-order valence-corrected chi connectivity index (χ1v) is 8.46. The molecule has 0 saturated heterocycles. The summed E-state index contributed by atoms with van der Waals surface area (Å²) >= 11 is 0. The van der Waals surface area contributed by atoms with Gasteiger partial charge in [-0.05, 0) is 51.3 Å². The van der Waals surface area contributed by atoms with Crippen molar-refractivity contribution < 1.29 is 13.9 Å². The Balaban J connectivity index is 2.14. The second kappa shape index (κ2) is 10.5. The molecule has 0 spiro atoms. The van der Waals surface area contributed by atoms with E-state index in [4.69, 9.17) is 4.74 Å². The van der Waals surface area contributed by atoms with Crippen LogP contribution in [0.4, 0.5) is 9.18 Å². The van der Waals surface area contributed by atoms with E-state index < -0.39 is 11.7 Å². The van der Waals surface area contributed by atoms with Crippen LogP contribution in [0.3, 0.4) is 0 Å². The minimum atomic E-state index is -0.487. The molecule has 0 unspecified atom stereocenters. The number of halogens is 1. The van der Waals surface area contributed by atoms with E-state index >= 15 is 0 Å². The highest BCUT2D eigenvalue weighted by atomic mass is 19.1. The smallest absolute Gasteiger partial charge is 0.407 e. The number of nitrogens with one attached hydrogen (secondary N) is 3. The number of alkyl carbamates (subject to hydrolysis) is 1. The average molecular weight is 352 g/mol. The molecule has 1 aromatic carbocycles. The van der Waals surface area contributed by atoms with E-state index in [0.717, 1.165) is 18.4 Å². The van der Waals surface area contributed by atoms with Crippen LogP contribution in [0.15, 0.2) is 29.3 Å². The summed E-state index contributed by atoms with van der Waals surface area (Å²) in [6.45, 7) is 7.38. The minimum absolute atomic E-state index is 0.228. The van der Waals surface area contributed by atoms with E-state index in [1.165, 1.54) is 12.1 Å². The van der Waals surface area contributed by atoms with Gasteiger partial charge in [-0.3, -0.25) is 4.99 Å². The number of benzene rings is 1. The molecule has 0 aliphatic rings. The monoisotopic (exact) mass is 352 g/mol. The normalized spacial score (nSPS) is 11.8. The van der Waals surface area contributed by atoms with Gasteiger partial charge in [0, 0.05) is 26.7 Å². The second-order valence-electron chi connectivity index (χ2n) is 6.58. The lowest BCUT2D eigenvalue weighted by Gasteiger charge is -2.19. The summed E-state index contributed by atoms with van der Waals surface area (Å²) in [5.41, 5.74) is 0.574. The number of carbonyl (C=O) groups is 1. The molecule has 0 bridgehead atoms. The van der Waals surface area contributed by atoms with Crippen LogP contribution in [-0.4, -0.2) is 44.3 Å². The van der Waals surface area contributed by atoms with Crippen LogP contribution in [0.1, 0.15) is 32.8 Å². The van der Waals surface area contributed by atoms with Crippen molar-refractivity contribution in [3.63, 3.8) is 0 Å². The average Bonchev–Trinajstić information content (AvgIpc) is 2.53. The molecule has 1 amide bonds. The van der Waals surface area contributed by atoms with Crippen LogP contribution in [0.25, 0.3) is 0 Å². The fourth-order valence-electron chi connectivity index (χ4n) is 2.00. The molecular formula is C18H29FN4O2. The van der Waals surface area contributed by atoms with Gasteiger partial charge in [0.25, 0.3) is 0 Å². The maximum atomic E-state index is 12.8. The molecule has 7 heteroatoms. The van der Waals surface area contributed by atoms with Crippen molar-refractivity contribution in [2.24, 2.45) is 4.99 Å². The van der Waals surface area contributed by atoms with Crippen molar-refractivity contribution in [1.29, 1.82) is 0 Å². The summed E-state index contributed by atoms with van der Waals surface area (Å²) in [5.74, 6) is 0.466. The molecule has 0 saturated carbocycles. The summed E-state index contributed by atoms with van der Waals surface area (Å²) in [5, 5.41) is 9.08. The highest BCUT2D eigenvalue weighted by Crippen LogP contribution is 2.06. The van der Waals surface area contributed by atoms with E-state index in [2.05, 4.69) is 20.9 Å². The molecule has 25 heavy (non-hydrogen) atoms. The predicted octanol–water partition coefficient (Wildman–Crippen LogP) is 2.45. The Morgan fingerprint density at radius 3 is 2.28 bits per heavy atom. The molecule has 3 N–H and O–H groups in total. The zero-order valence-corrected chi connectivity index (χ0v) is 15.5. The number of hydrogen-bond donors (Lipinski definition) is 3. The third-order valence-electron chi connectivity index (χ3n) is 3.16. The fraction of sp³-hybridized carbons (Fsp3) is 0.556. The minimum Gasteiger partial charge on any atom is -0.444 e. The lowest BCUT2D eigenvalue weighted by molar-refractivity contribution is 0.0527. The number of rotatable bonds is 7. The van der Waals surface area contributed by atoms with E-state index in [0.29, 0.717) is 25.6 Å². The van der Waals surface area contributed by atoms with Gasteiger partial charge in [-0.2, -0.15) is 0 Å². The van der Waals surface area contributed by atoms with E-state index in [9.17, 15) is 9.18 Å². The summed E-state index contributed by atoms with van der Waals surface area (Å²) in [6.07, 6.45) is 1.12. The van der Waals surface area contributed by atoms with Gasteiger partial charge in [-0.1, -0.05) is 12.1 Å². The van der Waals surface area contributed by atoms with Crippen LogP contribution in [0.5, 0.6) is 0 Å². The predicted molar refractivity (Wildman–Crippen MR) is 98.3 cm³/mol. The molecular weight excluding hydrogens is 323 g/mol. The molecule has 1 rings (SSSR count). The van der Waals surface area contributed by atoms with Crippen molar-refractivity contribution in [2.75, 3.05) is 26.7 Å². The maximum Gasteiger partial charge on any atom is 0.407 e. The lowest BCUT2D eigenvalue weighted by Crippen LogP contribution is -2.40. The Hall–Kier alpha value is -2.31. The molecule has 140 valence electrons. The maximum absolute atomic E-state index is 12.8. The van der Waals surface area contributed by atoms with Gasteiger partial charge in [-0.25, -0.2) is 9.18 Å². The molecule has 0 radical (unpaired) electrons. The topological polar surface area (TPSA) is 74.8 Å². The van der Waals surface area contributed by atoms with E-state index in [-0.39, 0.29) is 5.82 Å². The Bertz CT molecular complexity index is 553. The van der Waals surface area contributed by atoms with E-state index in [1.807, 2.05) is 20.8 Å². The van der Waals surface area contributed by atoms with Crippen molar-refractivity contribution in [2.45, 2.75) is 39.2 Å². The fourth-order valence-corrected chi connectivity index (χ4v) is 2.00. The Labute approximate surface area is 149 Å². The Morgan fingerprint density at radius 1 is 1.08 bits per heavy atom. The number of hydrogen-bond acceptors (Lipinski definition) is 3. The third-order valence-corrected chi connectivity index (χ3v) is 3.16. The number of amides is 1. The van der Waals surface area contributed by atoms with Gasteiger partial charge in [-0.15, -0.1) is 0 Å². The Morgan fingerprint density at radius 2 is 1.68 bits per heavy atom. The molecule has 0 heterocycles. The standard InChI is InChI=1S/C18H29FN4O2/c1-18(2,3)25-17(24)23-12-5-11-21-16(20-4)22-13-10-14-6-8-15(19)9-7-14/h6-9H,5,10-13H2,1-4H3,(H,23,24)(H2,20,21,22). The summed E-state index contributed by atoms with van der Waals surface area (Å²) in [4.78, 5) is 15.6. The number of nitrogens with zero attached hydrogens (tertiary/aromatic N) is 1. The molecule has 0 aliphatic heterocycles. The van der Waals surface area contributed by atoms with Crippen molar-refractivity contribution in [3.8, 4) is 0 Å². The van der Waals surface area contributed by atoms with Gasteiger partial charge >= 0.3 is 6.09 Å². The Kier molecular flexibility index (Phi) is 8.74. The highest BCUT2D eigenvalue weighted by molar-refractivity contribution is 5.79. The molecule has 0 fully saturated rings. The van der Waals surface area contributed by atoms with Gasteiger partial charge in [0.05, 0.1) is 0 Å². The largest absolute Gasteiger partial charge is 0.444 e. The molecule has 0 aliphatic carbocycles. The zero-order valence-electron chi connectivity index (χ0n) is 15.5. The van der Waals surface area contributed by atoms with Crippen molar-refractivity contribution >= 4 is 12.1 Å². The van der Waals surface area contributed by atoms with Crippen LogP contribution < -0.4 is 16.0 Å². The SMILES string of the molecule is CN=C(NCCCNC(=O)OC(C)(C)C)NCCc1ccc(F)cc1. The highest BCUT2D eigenvalue weighted by Gasteiger charge is 2.15. The van der Waals surface area contributed by atoms with E-state index in [1.54, 1.807) is 19.2 Å². The first kappa shape index (κ1) is 20.7. The number of ether oxygens (including phenoxy) is 1. The quantitative estimate of drug-likeness (QED) is 0.400. The molecule has 0 aromatic heterocycles. The van der Waals surface area contributed by atoms with Crippen molar-refractivity contribution in [1.82, 2.24) is 16.0 Å². The first-order valence-electron chi connectivity index (χ1n) is 8.46. The lowest BCUT2D eigenvalue weighted by atomic mass is 10.1. The van der Waals surface area contributed by atoms with Gasteiger partial charge in [0.1, 0.15) is 11.4 Å². The molecule has 0 atom stereocenters. The van der Waals surface area contributed by atoms with Crippen LogP contribution in [0, 0.1) is 5.82 Å². The second-order valence-corrected chi connectivity index (χ2v) is 6.58. The zero-order chi connectivity index (χ0) is 18.7. The third kappa shape index (κ3) is 10.2. The number of guanidine groups is 1. The van der Waals surface area contributed by atoms with Gasteiger partial charge in [0.15, 0.2) is 5.96 Å². The van der Waals surface area contributed by atoms with Gasteiger partial charge < -0.3 is 20.7 Å². The summed E-state index contributed by atoms with van der Waals surface area (Å²) in [6, 6.07) is 6.46. The number of carbonyl (C=O) groups excluding carboxylic acids is 1. The molecule has 6 nitrogen and oxygen atoms in total. The van der Waals surface area contributed by atoms with Crippen LogP contribution in [-0.2, 0) is 11.2 Å². The van der Waals surface area contributed by atoms with Gasteiger partial charge in [0.2, 0.25) is 0 Å². The summed E-state index contributed by atoms with van der Waals surface area (Å²) < 4.78 is 18.0.